The van der Waals surface area contributed by atoms with Gasteiger partial charge in [-0.15, -0.1) is 0 Å². The lowest BCUT2D eigenvalue weighted by atomic mass is 9.90. The molecule has 0 aromatic rings. The van der Waals surface area contributed by atoms with E-state index >= 15 is 0 Å². The van der Waals surface area contributed by atoms with E-state index in [0.717, 1.165) is 19.3 Å². The van der Waals surface area contributed by atoms with Crippen LogP contribution in [-0.2, 0) is 19.0 Å². The third-order valence-electron chi connectivity index (χ3n) is 3.91. The lowest BCUT2D eigenvalue weighted by molar-refractivity contribution is -0.170. The normalized spacial score (nSPS) is 38.0. The maximum Gasteiger partial charge on any atom is 0.340 e. The molecule has 0 aromatic carbocycles. The first kappa shape index (κ1) is 12.1. The molecule has 5 nitrogen and oxygen atoms in total. The van der Waals surface area contributed by atoms with E-state index in [-0.39, 0.29) is 12.7 Å². The van der Waals surface area contributed by atoms with E-state index in [1.54, 1.807) is 0 Å². The molecule has 0 radical (unpaired) electrons. The number of carbonyl (C=O) groups is 1. The van der Waals surface area contributed by atoms with E-state index in [9.17, 15) is 9.90 Å². The first-order valence-electron chi connectivity index (χ1n) is 6.58. The van der Waals surface area contributed by atoms with E-state index in [1.807, 2.05) is 0 Å². The van der Waals surface area contributed by atoms with E-state index in [4.69, 9.17) is 14.2 Å². The van der Waals surface area contributed by atoms with Crippen LogP contribution in [0.25, 0.3) is 0 Å². The number of hydrogen-bond donors (Lipinski definition) is 1. The van der Waals surface area contributed by atoms with Crippen LogP contribution in [0.4, 0.5) is 0 Å². The van der Waals surface area contributed by atoms with Crippen molar-refractivity contribution in [1.29, 1.82) is 0 Å². The van der Waals surface area contributed by atoms with Gasteiger partial charge in [0.1, 0.15) is 24.4 Å². The van der Waals surface area contributed by atoms with Crippen LogP contribution in [0.5, 0.6) is 0 Å². The molecule has 2 bridgehead atoms. The Hall–Kier alpha value is -0.910. The van der Waals surface area contributed by atoms with Crippen LogP contribution in [0.2, 0.25) is 0 Å². The summed E-state index contributed by atoms with van der Waals surface area (Å²) in [6.07, 6.45) is 2.62. The first-order valence-corrected chi connectivity index (χ1v) is 6.58. The van der Waals surface area contributed by atoms with Crippen molar-refractivity contribution in [3.63, 3.8) is 0 Å². The molecule has 0 spiro atoms. The Bertz CT molecular complexity index is 402. The van der Waals surface area contributed by atoms with E-state index in [0.29, 0.717) is 24.2 Å². The second-order valence-corrected chi connectivity index (χ2v) is 5.10. The lowest BCUT2D eigenvalue weighted by Crippen LogP contribution is -2.44. The summed E-state index contributed by atoms with van der Waals surface area (Å²) in [6.45, 7) is 2.64. The average molecular weight is 254 g/mol. The minimum absolute atomic E-state index is 0.175. The highest BCUT2D eigenvalue weighted by molar-refractivity contribution is 5.94. The summed E-state index contributed by atoms with van der Waals surface area (Å²) in [6, 6.07) is 0. The fraction of sp³-hybridized carbons (Fsp3) is 0.769. The van der Waals surface area contributed by atoms with Gasteiger partial charge in [-0.2, -0.15) is 0 Å². The Morgan fingerprint density at radius 3 is 3.06 bits per heavy atom. The van der Waals surface area contributed by atoms with Gasteiger partial charge in [0.25, 0.3) is 0 Å². The van der Waals surface area contributed by atoms with Gasteiger partial charge in [0, 0.05) is 12.0 Å². The molecule has 3 aliphatic heterocycles. The average Bonchev–Trinajstić information content (AvgIpc) is 2.91. The quantitative estimate of drug-likeness (QED) is 0.596. The molecule has 0 aliphatic carbocycles. The van der Waals surface area contributed by atoms with Crippen molar-refractivity contribution in [1.82, 2.24) is 0 Å². The van der Waals surface area contributed by atoms with Crippen LogP contribution in [-0.4, -0.2) is 42.3 Å². The zero-order valence-corrected chi connectivity index (χ0v) is 10.5. The molecular weight excluding hydrogens is 236 g/mol. The maximum atomic E-state index is 11.8. The number of aliphatic hydroxyl groups excluding tert-OH is 1. The number of esters is 1. The Morgan fingerprint density at radius 1 is 1.44 bits per heavy atom. The monoisotopic (exact) mass is 254 g/mol. The van der Waals surface area contributed by atoms with Crippen molar-refractivity contribution < 1.29 is 24.1 Å². The molecule has 3 heterocycles. The van der Waals surface area contributed by atoms with Crippen LogP contribution in [0, 0.1) is 0 Å². The Morgan fingerprint density at radius 2 is 2.28 bits per heavy atom. The highest BCUT2D eigenvalue weighted by atomic mass is 16.8. The number of cyclic esters (lactones) is 1. The number of fused-ring (bicyclic) bond motifs is 3. The smallest absolute Gasteiger partial charge is 0.340 e. The van der Waals surface area contributed by atoms with E-state index in [1.165, 1.54) is 0 Å². The van der Waals surface area contributed by atoms with Gasteiger partial charge in [-0.3, -0.25) is 0 Å². The molecule has 0 aromatic heterocycles. The SMILES string of the molecule is CCCCC[C@@]12OC[C@@H](O1)[C@H](O)C1=C2C(=O)OC1. The van der Waals surface area contributed by atoms with Gasteiger partial charge in [0.05, 0.1) is 6.61 Å². The van der Waals surface area contributed by atoms with Crippen molar-refractivity contribution in [2.45, 2.75) is 50.6 Å². The van der Waals surface area contributed by atoms with Crippen molar-refractivity contribution >= 4 is 5.97 Å². The highest BCUT2D eigenvalue weighted by Gasteiger charge is 2.57. The van der Waals surface area contributed by atoms with E-state index < -0.39 is 17.9 Å². The van der Waals surface area contributed by atoms with Crippen molar-refractivity contribution in [3.05, 3.63) is 11.1 Å². The summed E-state index contributed by atoms with van der Waals surface area (Å²) >= 11 is 0. The summed E-state index contributed by atoms with van der Waals surface area (Å²) in [7, 11) is 0. The zero-order chi connectivity index (χ0) is 12.8. The standard InChI is InChI=1S/C13H18O5/c1-2-3-4-5-13-10-8(6-16-12(10)15)11(14)9(18-13)7-17-13/h9,11,14H,2-7H2,1H3/t9-,11-,13-/m1/s1. The molecule has 0 unspecified atom stereocenters. The molecule has 18 heavy (non-hydrogen) atoms. The number of hydrogen-bond acceptors (Lipinski definition) is 5. The zero-order valence-electron chi connectivity index (χ0n) is 10.5. The number of rotatable bonds is 4. The predicted molar refractivity (Wildman–Crippen MR) is 61.7 cm³/mol. The van der Waals surface area contributed by atoms with Gasteiger partial charge < -0.3 is 19.3 Å². The number of ether oxygens (including phenoxy) is 3. The summed E-state index contributed by atoms with van der Waals surface area (Å²) in [5.41, 5.74) is 1.07. The van der Waals surface area contributed by atoms with E-state index in [2.05, 4.69) is 6.92 Å². The van der Waals surface area contributed by atoms with Gasteiger partial charge in [0.15, 0.2) is 0 Å². The van der Waals surface area contributed by atoms with Crippen LogP contribution in [0.1, 0.15) is 32.6 Å². The second-order valence-electron chi connectivity index (χ2n) is 5.10. The van der Waals surface area contributed by atoms with Gasteiger partial charge in [-0.1, -0.05) is 19.8 Å². The van der Waals surface area contributed by atoms with Crippen molar-refractivity contribution in [3.8, 4) is 0 Å². The van der Waals surface area contributed by atoms with Gasteiger partial charge in [-0.05, 0) is 6.42 Å². The Balaban J connectivity index is 1.90. The number of carbonyl (C=O) groups excluding carboxylic acids is 1. The van der Waals surface area contributed by atoms with Crippen molar-refractivity contribution in [2.24, 2.45) is 0 Å². The third-order valence-corrected chi connectivity index (χ3v) is 3.91. The van der Waals surface area contributed by atoms with Gasteiger partial charge >= 0.3 is 5.97 Å². The predicted octanol–water partition coefficient (Wildman–Crippen LogP) is 0.906. The molecule has 0 amide bonds. The minimum atomic E-state index is -0.956. The lowest BCUT2D eigenvalue weighted by Gasteiger charge is -2.33. The summed E-state index contributed by atoms with van der Waals surface area (Å²) < 4.78 is 16.5. The molecule has 5 heteroatoms. The number of aliphatic hydroxyl groups is 1. The van der Waals surface area contributed by atoms with Crippen LogP contribution in [0.3, 0.4) is 0 Å². The van der Waals surface area contributed by atoms with Crippen LogP contribution >= 0.6 is 0 Å². The summed E-state index contributed by atoms with van der Waals surface area (Å²) in [4.78, 5) is 11.8. The molecule has 3 rings (SSSR count). The van der Waals surface area contributed by atoms with Crippen molar-refractivity contribution in [2.75, 3.05) is 13.2 Å². The molecule has 1 N–H and O–H groups in total. The second kappa shape index (κ2) is 4.33. The largest absolute Gasteiger partial charge is 0.458 e. The first-order chi connectivity index (χ1) is 8.68. The number of unbranched alkanes of at least 4 members (excludes halogenated alkanes) is 2. The van der Waals surface area contributed by atoms with Crippen LogP contribution < -0.4 is 0 Å². The van der Waals surface area contributed by atoms with Gasteiger partial charge in [0.2, 0.25) is 5.79 Å². The highest BCUT2D eigenvalue weighted by Crippen LogP contribution is 2.46. The Kier molecular flexibility index (Phi) is 2.92. The summed E-state index contributed by atoms with van der Waals surface area (Å²) in [5, 5.41) is 10.1. The van der Waals surface area contributed by atoms with Crippen LogP contribution in [0.15, 0.2) is 11.1 Å². The molecule has 3 atom stereocenters. The minimum Gasteiger partial charge on any atom is -0.458 e. The molecule has 0 saturated carbocycles. The molecule has 3 aliphatic rings. The molecule has 100 valence electrons. The van der Waals surface area contributed by atoms with Gasteiger partial charge in [-0.25, -0.2) is 4.79 Å². The molecule has 1 saturated heterocycles. The topological polar surface area (TPSA) is 65.0 Å². The summed E-state index contributed by atoms with van der Waals surface area (Å²) in [5.74, 6) is -1.36. The maximum absolute atomic E-state index is 11.8. The Labute approximate surface area is 106 Å². The third kappa shape index (κ3) is 1.61. The fourth-order valence-electron chi connectivity index (χ4n) is 2.96. The molecule has 1 fully saturated rings. The fourth-order valence-corrected chi connectivity index (χ4v) is 2.96. The molecular formula is C13H18O5.